The Morgan fingerprint density at radius 1 is 1.05 bits per heavy atom. The first-order valence-electron chi connectivity index (χ1n) is 12.0. The molecule has 2 aliphatic heterocycles. The van der Waals surface area contributed by atoms with Crippen LogP contribution in [0, 0.1) is 0 Å². The number of fused-ring (bicyclic) bond motifs is 4. The molecule has 1 N–H and O–H groups in total. The van der Waals surface area contributed by atoms with E-state index in [2.05, 4.69) is 20.3 Å². The molecule has 4 aromatic rings. The molecule has 10 heteroatoms. The molecule has 0 spiro atoms. The molecule has 0 radical (unpaired) electrons. The monoisotopic (exact) mass is 494 g/mol. The number of nitrogens with one attached hydrogen (secondary N) is 1. The summed E-state index contributed by atoms with van der Waals surface area (Å²) in [5, 5.41) is 4.24. The van der Waals surface area contributed by atoms with Crippen molar-refractivity contribution < 1.29 is 19.1 Å². The first kappa shape index (κ1) is 22.6. The molecule has 2 aliphatic rings. The Morgan fingerprint density at radius 3 is 2.62 bits per heavy atom. The molecular weight excluding hydrogens is 472 g/mol. The minimum Gasteiger partial charge on any atom is -0.493 e. The molecule has 10 nitrogen and oxygen atoms in total. The van der Waals surface area contributed by atoms with Gasteiger partial charge in [-0.1, -0.05) is 12.1 Å². The molecule has 0 atom stereocenters. The normalized spacial score (nSPS) is 14.6. The van der Waals surface area contributed by atoms with Gasteiger partial charge in [-0.15, -0.1) is 0 Å². The molecule has 0 unspecified atom stereocenters. The van der Waals surface area contributed by atoms with Crippen LogP contribution >= 0.6 is 0 Å². The number of carbonyl (C=O) groups is 3. The van der Waals surface area contributed by atoms with Crippen LogP contribution in [0.1, 0.15) is 37.5 Å². The van der Waals surface area contributed by atoms with Gasteiger partial charge in [0.05, 0.1) is 28.8 Å². The van der Waals surface area contributed by atoms with Gasteiger partial charge in [0.25, 0.3) is 17.7 Å². The van der Waals surface area contributed by atoms with Gasteiger partial charge in [0.2, 0.25) is 5.62 Å². The van der Waals surface area contributed by atoms with E-state index < -0.39 is 5.91 Å². The van der Waals surface area contributed by atoms with Crippen LogP contribution in [-0.2, 0) is 6.54 Å². The average Bonchev–Trinajstić information content (AvgIpc) is 3.51. The Balaban J connectivity index is 1.19. The second kappa shape index (κ2) is 9.30. The molecule has 2 aromatic heterocycles. The zero-order valence-electron chi connectivity index (χ0n) is 19.8. The molecule has 0 fully saturated rings. The number of hydrogen-bond acceptors (Lipinski definition) is 7. The first-order valence-corrected chi connectivity index (χ1v) is 12.0. The van der Waals surface area contributed by atoms with Crippen molar-refractivity contribution in [2.24, 2.45) is 4.99 Å². The van der Waals surface area contributed by atoms with E-state index in [1.807, 2.05) is 16.7 Å². The molecule has 4 heterocycles. The second-order valence-corrected chi connectivity index (χ2v) is 8.69. The third kappa shape index (κ3) is 4.12. The van der Waals surface area contributed by atoms with Crippen molar-refractivity contribution in [1.82, 2.24) is 19.4 Å². The number of imide groups is 1. The van der Waals surface area contributed by atoms with Crippen molar-refractivity contribution in [2.45, 2.75) is 13.0 Å². The Labute approximate surface area is 211 Å². The van der Waals surface area contributed by atoms with Crippen molar-refractivity contribution in [3.05, 3.63) is 89.3 Å². The lowest BCUT2D eigenvalue weighted by Gasteiger charge is -2.14. The van der Waals surface area contributed by atoms with Crippen LogP contribution in [0.3, 0.4) is 0 Å². The highest BCUT2D eigenvalue weighted by molar-refractivity contribution is 6.21. The molecule has 2 aromatic carbocycles. The summed E-state index contributed by atoms with van der Waals surface area (Å²) in [6.45, 7) is 1.94. The largest absolute Gasteiger partial charge is 0.493 e. The van der Waals surface area contributed by atoms with E-state index in [1.165, 1.54) is 11.1 Å². The number of anilines is 1. The number of hydrogen-bond donors (Lipinski definition) is 1. The van der Waals surface area contributed by atoms with E-state index >= 15 is 0 Å². The highest BCUT2D eigenvalue weighted by atomic mass is 16.5. The van der Waals surface area contributed by atoms with Gasteiger partial charge in [-0.05, 0) is 42.8 Å². The average molecular weight is 495 g/mol. The standard InChI is InChI=1S/C27H22N6O4/c34-24(17-5-3-10-28-16-17)31-27-30-22-15-18(8-9-21(22)23-29-11-13-32(23)27)37-14-4-12-33-25(35)19-6-1-2-7-20(19)26(33)36/h1-3,5-10,15-16,29H,4,11-14H2. The van der Waals surface area contributed by atoms with Gasteiger partial charge in [0, 0.05) is 43.5 Å². The van der Waals surface area contributed by atoms with E-state index in [9.17, 15) is 14.4 Å². The SMILES string of the molecule is O=C(N=c1nc2cc(OCCCN3C(=O)c4ccccc4C3=O)ccc2c2n1CCN2)c1cccnc1. The Bertz CT molecular complexity index is 1590. The molecule has 0 bridgehead atoms. The number of benzene rings is 2. The number of amides is 3. The van der Waals surface area contributed by atoms with Crippen LogP contribution in [-0.4, -0.2) is 56.9 Å². The van der Waals surface area contributed by atoms with Crippen LogP contribution in [0.25, 0.3) is 10.9 Å². The highest BCUT2D eigenvalue weighted by Gasteiger charge is 2.34. The number of aromatic nitrogens is 3. The molecule has 6 rings (SSSR count). The molecular formula is C27H22N6O4. The Kier molecular flexibility index (Phi) is 5.68. The van der Waals surface area contributed by atoms with Crippen molar-refractivity contribution in [3.63, 3.8) is 0 Å². The number of pyridine rings is 1. The third-order valence-corrected chi connectivity index (χ3v) is 6.37. The maximum atomic E-state index is 12.7. The van der Waals surface area contributed by atoms with Crippen LogP contribution in [0.5, 0.6) is 5.75 Å². The fraction of sp³-hybridized carbons (Fsp3) is 0.185. The second-order valence-electron chi connectivity index (χ2n) is 8.69. The van der Waals surface area contributed by atoms with Gasteiger partial charge < -0.3 is 10.1 Å². The molecule has 0 saturated heterocycles. The summed E-state index contributed by atoms with van der Waals surface area (Å²) in [7, 11) is 0. The van der Waals surface area contributed by atoms with Gasteiger partial charge in [0.15, 0.2) is 0 Å². The van der Waals surface area contributed by atoms with Crippen molar-refractivity contribution >= 4 is 34.4 Å². The van der Waals surface area contributed by atoms with Crippen LogP contribution in [0.4, 0.5) is 5.82 Å². The lowest BCUT2D eigenvalue weighted by atomic mass is 10.1. The van der Waals surface area contributed by atoms with Gasteiger partial charge in [-0.3, -0.25) is 28.8 Å². The lowest BCUT2D eigenvalue weighted by molar-refractivity contribution is 0.0646. The third-order valence-electron chi connectivity index (χ3n) is 6.37. The van der Waals surface area contributed by atoms with Gasteiger partial charge >= 0.3 is 0 Å². The fourth-order valence-electron chi connectivity index (χ4n) is 4.58. The minimum absolute atomic E-state index is 0.270. The fourth-order valence-corrected chi connectivity index (χ4v) is 4.58. The summed E-state index contributed by atoms with van der Waals surface area (Å²) < 4.78 is 7.80. The van der Waals surface area contributed by atoms with Gasteiger partial charge in [0.1, 0.15) is 11.6 Å². The predicted molar refractivity (Wildman–Crippen MR) is 134 cm³/mol. The Hall–Kier alpha value is -4.86. The topological polar surface area (TPSA) is 119 Å². The first-order chi connectivity index (χ1) is 18.1. The smallest absolute Gasteiger partial charge is 0.281 e. The zero-order chi connectivity index (χ0) is 25.4. The van der Waals surface area contributed by atoms with Crippen LogP contribution in [0.2, 0.25) is 0 Å². The Morgan fingerprint density at radius 2 is 1.86 bits per heavy atom. The number of rotatable bonds is 6. The summed E-state index contributed by atoms with van der Waals surface area (Å²) in [4.78, 5) is 51.8. The summed E-state index contributed by atoms with van der Waals surface area (Å²) in [6, 6.07) is 15.8. The quantitative estimate of drug-likeness (QED) is 0.323. The van der Waals surface area contributed by atoms with Crippen molar-refractivity contribution in [3.8, 4) is 5.75 Å². The van der Waals surface area contributed by atoms with E-state index in [1.54, 1.807) is 48.7 Å². The van der Waals surface area contributed by atoms with Crippen LogP contribution in [0.15, 0.2) is 72.0 Å². The predicted octanol–water partition coefficient (Wildman–Crippen LogP) is 2.66. The zero-order valence-corrected chi connectivity index (χ0v) is 19.8. The summed E-state index contributed by atoms with van der Waals surface area (Å²) >= 11 is 0. The van der Waals surface area contributed by atoms with Gasteiger partial charge in [-0.25, -0.2) is 4.98 Å². The maximum Gasteiger partial charge on any atom is 0.281 e. The summed E-state index contributed by atoms with van der Waals surface area (Å²) in [6.07, 6.45) is 3.56. The molecule has 0 saturated carbocycles. The number of nitrogens with zero attached hydrogens (tertiary/aromatic N) is 5. The molecule has 0 aliphatic carbocycles. The van der Waals surface area contributed by atoms with E-state index in [-0.39, 0.29) is 18.4 Å². The molecule has 184 valence electrons. The maximum absolute atomic E-state index is 12.7. The van der Waals surface area contributed by atoms with E-state index in [0.717, 1.165) is 11.2 Å². The summed E-state index contributed by atoms with van der Waals surface area (Å²) in [5.74, 6) is 0.481. The van der Waals surface area contributed by atoms with Gasteiger partial charge in [-0.2, -0.15) is 4.99 Å². The van der Waals surface area contributed by atoms with Crippen LogP contribution < -0.4 is 15.7 Å². The minimum atomic E-state index is -0.415. The van der Waals surface area contributed by atoms with Crippen molar-refractivity contribution in [1.29, 1.82) is 0 Å². The van der Waals surface area contributed by atoms with Crippen molar-refractivity contribution in [2.75, 3.05) is 25.0 Å². The highest BCUT2D eigenvalue weighted by Crippen LogP contribution is 2.27. The number of carbonyl (C=O) groups excluding carboxylic acids is 3. The molecule has 3 amide bonds. The molecule has 37 heavy (non-hydrogen) atoms. The summed E-state index contributed by atoms with van der Waals surface area (Å²) in [5.41, 5.74) is 2.22. The van der Waals surface area contributed by atoms with E-state index in [0.29, 0.717) is 59.7 Å². The van der Waals surface area contributed by atoms with E-state index in [4.69, 9.17) is 4.74 Å². The lowest BCUT2D eigenvalue weighted by Crippen LogP contribution is -2.31. The number of ether oxygens (including phenoxy) is 1.